The molecule has 0 bridgehead atoms. The van der Waals surface area contributed by atoms with Crippen molar-refractivity contribution in [2.24, 2.45) is 5.73 Å². The van der Waals surface area contributed by atoms with Gasteiger partial charge in [-0.3, -0.25) is 14.4 Å². The number of halogens is 2. The number of carbonyl (C=O) groups is 2. The first kappa shape index (κ1) is 41.6. The summed E-state index contributed by atoms with van der Waals surface area (Å²) in [7, 11) is 0. The molecular weight excluding hydrogens is 808 g/mol. The van der Waals surface area contributed by atoms with Gasteiger partial charge in [-0.1, -0.05) is 0 Å². The second-order valence-corrected chi connectivity index (χ2v) is 16.5. The molecule has 0 aliphatic carbocycles. The Balaban J connectivity index is 0.000000197. The van der Waals surface area contributed by atoms with Gasteiger partial charge in [-0.15, -0.1) is 0 Å². The van der Waals surface area contributed by atoms with Crippen LogP contribution in [-0.4, -0.2) is 38.2 Å². The SMILES string of the molecule is Cc1c(C(=O)O)cc(Br)c2c1CC(C)(C)O2.Cc1cc(C)c(CN)c(=O)[nH]1.Cc1cc(C)c(CNC(=O)c2cc(Br)c3c(c2C)CC(C)(C)O3)c(=O)[nH]1. The molecule has 4 heterocycles. The molecule has 0 saturated heterocycles. The first-order valence-corrected chi connectivity index (χ1v) is 18.8. The fourth-order valence-electron chi connectivity index (χ4n) is 6.64. The number of hydrogen-bond donors (Lipinski definition) is 5. The van der Waals surface area contributed by atoms with E-state index >= 15 is 0 Å². The number of aromatic carboxylic acids is 1. The first-order chi connectivity index (χ1) is 24.6. The molecule has 2 aliphatic heterocycles. The molecule has 6 N–H and O–H groups in total. The molecule has 0 unspecified atom stereocenters. The first-order valence-electron chi connectivity index (χ1n) is 17.2. The zero-order valence-corrected chi connectivity index (χ0v) is 35.0. The number of H-pyrrole nitrogens is 2. The normalized spacial score (nSPS) is 14.4. The van der Waals surface area contributed by atoms with Gasteiger partial charge in [0.1, 0.15) is 22.7 Å². The number of rotatable bonds is 5. The van der Waals surface area contributed by atoms with Crippen LogP contribution in [-0.2, 0) is 25.9 Å². The van der Waals surface area contributed by atoms with Crippen LogP contribution in [0.1, 0.15) is 104 Å². The molecule has 2 aromatic carbocycles. The molecule has 13 heteroatoms. The molecule has 0 spiro atoms. The van der Waals surface area contributed by atoms with Crippen molar-refractivity contribution in [2.75, 3.05) is 0 Å². The summed E-state index contributed by atoms with van der Waals surface area (Å²) in [6.07, 6.45) is 1.50. The fourth-order valence-corrected chi connectivity index (χ4v) is 7.73. The van der Waals surface area contributed by atoms with Gasteiger partial charge >= 0.3 is 5.97 Å². The smallest absolute Gasteiger partial charge is 0.336 e. The fraction of sp³-hybridized carbons (Fsp3) is 0.400. The molecule has 1 amide bonds. The van der Waals surface area contributed by atoms with Crippen molar-refractivity contribution < 1.29 is 24.2 Å². The molecule has 11 nitrogen and oxygen atoms in total. The van der Waals surface area contributed by atoms with Crippen LogP contribution < -0.4 is 31.6 Å². The Bertz CT molecular complexity index is 2220. The molecule has 0 atom stereocenters. The summed E-state index contributed by atoms with van der Waals surface area (Å²) in [5.74, 6) is 0.503. The summed E-state index contributed by atoms with van der Waals surface area (Å²) in [6, 6.07) is 7.22. The van der Waals surface area contributed by atoms with Crippen molar-refractivity contribution in [2.45, 2.75) is 106 Å². The van der Waals surface area contributed by atoms with Gasteiger partial charge in [-0.25, -0.2) is 4.79 Å². The standard InChI is InChI=1S/C20H23BrN2O3.C12H13BrO3.C8H12N2O/c1-10-6-11(2)23-19(25)15(10)9-22-18(24)13-7-16(21)17-14(12(13)3)8-20(4,5)26-17;1-6-7(11(14)15)4-9(13)10-8(6)5-12(2,3)16-10;1-5-3-6(2)10-8(11)7(5)4-9/h6-7H,8-9H2,1-5H3,(H,22,24)(H,23,25);4H,5H2,1-3H3,(H,14,15);3H,4,9H2,1-2H3,(H,10,11). The van der Waals surface area contributed by atoms with E-state index in [0.717, 1.165) is 78.1 Å². The lowest BCUT2D eigenvalue weighted by Crippen LogP contribution is -2.28. The van der Waals surface area contributed by atoms with E-state index in [0.29, 0.717) is 28.8 Å². The maximum atomic E-state index is 12.8. The molecule has 0 saturated carbocycles. The monoisotopic (exact) mass is 854 g/mol. The lowest BCUT2D eigenvalue weighted by atomic mass is 9.94. The maximum Gasteiger partial charge on any atom is 0.336 e. The van der Waals surface area contributed by atoms with Gasteiger partial charge in [0.25, 0.3) is 17.0 Å². The molecule has 2 aliphatic rings. The van der Waals surface area contributed by atoms with Gasteiger partial charge in [-0.2, -0.15) is 0 Å². The Morgan fingerprint density at radius 2 is 1.17 bits per heavy atom. The number of aryl methyl sites for hydroxylation is 4. The maximum absolute atomic E-state index is 12.8. The second-order valence-electron chi connectivity index (χ2n) is 14.8. The van der Waals surface area contributed by atoms with Gasteiger partial charge in [0.05, 0.1) is 14.5 Å². The predicted molar refractivity (Wildman–Crippen MR) is 214 cm³/mol. The number of nitrogens with one attached hydrogen (secondary N) is 3. The Labute approximate surface area is 326 Å². The van der Waals surface area contributed by atoms with E-state index in [2.05, 4.69) is 47.1 Å². The molecular formula is C40H48Br2N4O7. The topological polar surface area (TPSA) is 177 Å². The van der Waals surface area contributed by atoms with E-state index in [1.54, 1.807) is 12.1 Å². The van der Waals surface area contributed by atoms with E-state index in [1.165, 1.54) is 0 Å². The Morgan fingerprint density at radius 1 is 0.755 bits per heavy atom. The summed E-state index contributed by atoms with van der Waals surface area (Å²) >= 11 is 6.88. The number of carboxylic acids is 1. The van der Waals surface area contributed by atoms with Gasteiger partial charge < -0.3 is 35.6 Å². The number of carboxylic acid groups (broad SMARTS) is 1. The number of amides is 1. The molecule has 0 radical (unpaired) electrons. The summed E-state index contributed by atoms with van der Waals surface area (Å²) in [5, 5.41) is 12.0. The zero-order chi connectivity index (χ0) is 39.7. The quantitative estimate of drug-likeness (QED) is 0.139. The average Bonchev–Trinajstić information content (AvgIpc) is 3.56. The zero-order valence-electron chi connectivity index (χ0n) is 31.9. The van der Waals surface area contributed by atoms with Crippen LogP contribution in [0, 0.1) is 41.5 Å². The van der Waals surface area contributed by atoms with E-state index in [-0.39, 0.29) is 34.8 Å². The Morgan fingerprint density at radius 3 is 1.58 bits per heavy atom. The van der Waals surface area contributed by atoms with Crippen molar-refractivity contribution in [1.29, 1.82) is 0 Å². The highest BCUT2D eigenvalue weighted by molar-refractivity contribution is 9.11. The van der Waals surface area contributed by atoms with Crippen molar-refractivity contribution in [3.8, 4) is 11.5 Å². The minimum absolute atomic E-state index is 0.0648. The van der Waals surface area contributed by atoms with Gasteiger partial charge in [-0.05, 0) is 148 Å². The molecule has 6 rings (SSSR count). The summed E-state index contributed by atoms with van der Waals surface area (Å²) < 4.78 is 13.3. The van der Waals surface area contributed by atoms with Crippen molar-refractivity contribution in [1.82, 2.24) is 15.3 Å². The van der Waals surface area contributed by atoms with Crippen LogP contribution in [0.15, 0.2) is 42.8 Å². The molecule has 2 aromatic heterocycles. The lowest BCUT2D eigenvalue weighted by molar-refractivity contribution is 0.0695. The number of ether oxygens (including phenoxy) is 2. The number of benzene rings is 2. The Kier molecular flexibility index (Phi) is 12.6. The summed E-state index contributed by atoms with van der Waals surface area (Å²) in [6.45, 7) is 19.8. The van der Waals surface area contributed by atoms with Crippen LogP contribution >= 0.6 is 31.9 Å². The van der Waals surface area contributed by atoms with Crippen LogP contribution in [0.3, 0.4) is 0 Å². The molecule has 4 aromatic rings. The third-order valence-corrected chi connectivity index (χ3v) is 10.5. The van der Waals surface area contributed by atoms with Crippen molar-refractivity contribution >= 4 is 43.7 Å². The van der Waals surface area contributed by atoms with E-state index < -0.39 is 5.97 Å². The largest absolute Gasteiger partial charge is 0.486 e. The van der Waals surface area contributed by atoms with Gasteiger partial charge in [0.15, 0.2) is 0 Å². The van der Waals surface area contributed by atoms with Crippen LogP contribution in [0.25, 0.3) is 0 Å². The number of pyridine rings is 2. The van der Waals surface area contributed by atoms with E-state index in [4.69, 9.17) is 20.3 Å². The predicted octanol–water partition coefficient (Wildman–Crippen LogP) is 7.33. The Hall–Kier alpha value is -4.20. The summed E-state index contributed by atoms with van der Waals surface area (Å²) in [4.78, 5) is 52.6. The highest BCUT2D eigenvalue weighted by Crippen LogP contribution is 2.44. The minimum atomic E-state index is -0.897. The van der Waals surface area contributed by atoms with Crippen LogP contribution in [0.4, 0.5) is 0 Å². The third-order valence-electron chi connectivity index (χ3n) is 9.29. The molecule has 0 fully saturated rings. The van der Waals surface area contributed by atoms with Gasteiger partial charge in [0.2, 0.25) is 0 Å². The third kappa shape index (κ3) is 9.49. The van der Waals surface area contributed by atoms with Crippen molar-refractivity contribution in [3.05, 3.63) is 121 Å². The van der Waals surface area contributed by atoms with E-state index in [9.17, 15) is 19.2 Å². The van der Waals surface area contributed by atoms with Gasteiger partial charge in [0, 0.05) is 65.1 Å². The second kappa shape index (κ2) is 16.0. The van der Waals surface area contributed by atoms with E-state index in [1.807, 2.05) is 81.4 Å². The van der Waals surface area contributed by atoms with Crippen LogP contribution in [0.5, 0.6) is 11.5 Å². The lowest BCUT2D eigenvalue weighted by Gasteiger charge is -2.17. The molecule has 284 valence electrons. The number of hydrogen-bond acceptors (Lipinski definition) is 7. The number of aromatic amines is 2. The van der Waals surface area contributed by atoms with Crippen molar-refractivity contribution in [3.63, 3.8) is 0 Å². The minimum Gasteiger partial charge on any atom is -0.486 e. The molecule has 53 heavy (non-hydrogen) atoms. The highest BCUT2D eigenvalue weighted by atomic mass is 79.9. The number of carbonyl (C=O) groups excluding carboxylic acids is 1. The number of aromatic nitrogens is 2. The number of nitrogens with two attached hydrogens (primary N) is 1. The van der Waals surface area contributed by atoms with Crippen LogP contribution in [0.2, 0.25) is 0 Å². The number of fused-ring (bicyclic) bond motifs is 2. The highest BCUT2D eigenvalue weighted by Gasteiger charge is 2.35. The average molecular weight is 857 g/mol. The summed E-state index contributed by atoms with van der Waals surface area (Å²) in [5.41, 5.74) is 14.1.